The molecular weight excluding hydrogens is 301 g/mol. The first-order valence-corrected chi connectivity index (χ1v) is 6.73. The molecule has 2 aromatic rings. The van der Waals surface area contributed by atoms with Gasteiger partial charge in [0.05, 0.1) is 11.4 Å². The van der Waals surface area contributed by atoms with Crippen molar-refractivity contribution in [1.82, 2.24) is 9.36 Å². The monoisotopic (exact) mass is 313 g/mol. The van der Waals surface area contributed by atoms with E-state index in [1.54, 1.807) is 30.8 Å². The molecule has 0 saturated carbocycles. The van der Waals surface area contributed by atoms with Gasteiger partial charge in [0.1, 0.15) is 5.69 Å². The lowest BCUT2D eigenvalue weighted by molar-refractivity contribution is -0.114. The highest BCUT2D eigenvalue weighted by Gasteiger charge is 2.20. The minimum absolute atomic E-state index is 0.174. The normalized spacial score (nSPS) is 10.8. The molecule has 0 aliphatic rings. The van der Waals surface area contributed by atoms with E-state index in [-0.39, 0.29) is 11.2 Å². The molecule has 0 aliphatic carbocycles. The second-order valence-electron chi connectivity index (χ2n) is 4.23. The number of benzene rings is 1. The molecule has 0 spiro atoms. The van der Waals surface area contributed by atoms with E-state index in [1.807, 2.05) is 18.2 Å². The van der Waals surface area contributed by atoms with Crippen molar-refractivity contribution in [3.05, 3.63) is 46.4 Å². The molecule has 5 nitrogen and oxygen atoms in total. The van der Waals surface area contributed by atoms with Gasteiger partial charge in [0.2, 0.25) is 0 Å². The Bertz CT molecular complexity index is 690. The SMILES string of the molecule is Cc1c(NC(=O)C(Cl)Cl)c(=O)n(-c2ccccc2)n1C. The van der Waals surface area contributed by atoms with E-state index in [2.05, 4.69) is 5.32 Å². The molecule has 0 saturated heterocycles. The van der Waals surface area contributed by atoms with Crippen molar-refractivity contribution >= 4 is 34.8 Å². The van der Waals surface area contributed by atoms with Gasteiger partial charge >= 0.3 is 0 Å². The molecule has 0 aliphatic heterocycles. The minimum Gasteiger partial charge on any atom is -0.318 e. The number of para-hydroxylation sites is 1. The van der Waals surface area contributed by atoms with Crippen LogP contribution in [0.3, 0.4) is 0 Å². The Kier molecular flexibility index (Phi) is 4.20. The number of hydrogen-bond donors (Lipinski definition) is 1. The van der Waals surface area contributed by atoms with Crippen LogP contribution in [0.4, 0.5) is 5.69 Å². The molecule has 1 aromatic carbocycles. The van der Waals surface area contributed by atoms with Crippen LogP contribution in [0.1, 0.15) is 5.69 Å². The number of halogens is 2. The number of carbonyl (C=O) groups excluding carboxylic acids is 1. The quantitative estimate of drug-likeness (QED) is 0.883. The average Bonchev–Trinajstić information content (AvgIpc) is 2.63. The number of anilines is 1. The van der Waals surface area contributed by atoms with Gasteiger partial charge in [-0.25, -0.2) is 4.68 Å². The zero-order valence-electron chi connectivity index (χ0n) is 10.9. The fraction of sp³-hybridized carbons (Fsp3) is 0.231. The van der Waals surface area contributed by atoms with E-state index in [4.69, 9.17) is 23.2 Å². The van der Waals surface area contributed by atoms with E-state index in [1.165, 1.54) is 4.68 Å². The first-order chi connectivity index (χ1) is 9.43. The third-order valence-electron chi connectivity index (χ3n) is 3.00. The van der Waals surface area contributed by atoms with Crippen molar-refractivity contribution in [2.75, 3.05) is 5.32 Å². The maximum Gasteiger partial charge on any atom is 0.295 e. The standard InChI is InChI=1S/C13H13Cl2N3O2/c1-8-10(16-12(19)11(14)15)13(20)18(17(8)2)9-6-4-3-5-7-9/h3-7,11H,1-2H3,(H,16,19). The fourth-order valence-electron chi connectivity index (χ4n) is 1.89. The van der Waals surface area contributed by atoms with Gasteiger partial charge in [-0.1, -0.05) is 41.4 Å². The Labute approximate surface area is 125 Å². The Morgan fingerprint density at radius 3 is 2.40 bits per heavy atom. The summed E-state index contributed by atoms with van der Waals surface area (Å²) >= 11 is 11.0. The van der Waals surface area contributed by atoms with Gasteiger partial charge in [-0.15, -0.1) is 0 Å². The summed E-state index contributed by atoms with van der Waals surface area (Å²) in [6, 6.07) is 9.13. The van der Waals surface area contributed by atoms with Crippen LogP contribution in [0.2, 0.25) is 0 Å². The van der Waals surface area contributed by atoms with Crippen LogP contribution in [0, 0.1) is 6.92 Å². The number of nitrogens with one attached hydrogen (secondary N) is 1. The summed E-state index contributed by atoms with van der Waals surface area (Å²) in [5.74, 6) is -0.626. The Morgan fingerprint density at radius 1 is 1.25 bits per heavy atom. The van der Waals surface area contributed by atoms with Gasteiger partial charge in [-0.05, 0) is 19.1 Å². The summed E-state index contributed by atoms with van der Waals surface area (Å²) < 4.78 is 3.12. The van der Waals surface area contributed by atoms with Crippen LogP contribution in [0.5, 0.6) is 0 Å². The lowest BCUT2D eigenvalue weighted by Crippen LogP contribution is -2.25. The second kappa shape index (κ2) is 5.73. The molecule has 7 heteroatoms. The number of alkyl halides is 2. The molecule has 1 aromatic heterocycles. The van der Waals surface area contributed by atoms with Gasteiger partial charge in [-0.3, -0.25) is 14.3 Å². The van der Waals surface area contributed by atoms with Crippen LogP contribution in [-0.2, 0) is 11.8 Å². The van der Waals surface area contributed by atoms with Gasteiger partial charge in [-0.2, -0.15) is 0 Å². The molecule has 1 heterocycles. The Morgan fingerprint density at radius 2 is 1.85 bits per heavy atom. The topological polar surface area (TPSA) is 56.0 Å². The summed E-state index contributed by atoms with van der Waals surface area (Å²) in [7, 11) is 1.73. The van der Waals surface area contributed by atoms with Crippen molar-refractivity contribution in [2.24, 2.45) is 7.05 Å². The summed E-state index contributed by atoms with van der Waals surface area (Å²) in [6.45, 7) is 1.73. The molecule has 0 atom stereocenters. The van der Waals surface area contributed by atoms with Crippen molar-refractivity contribution in [3.63, 3.8) is 0 Å². The predicted octanol–water partition coefficient (Wildman–Crippen LogP) is 2.23. The molecule has 0 bridgehead atoms. The third-order valence-corrected chi connectivity index (χ3v) is 3.40. The van der Waals surface area contributed by atoms with E-state index < -0.39 is 10.7 Å². The number of rotatable bonds is 3. The molecule has 1 amide bonds. The highest BCUT2D eigenvalue weighted by atomic mass is 35.5. The van der Waals surface area contributed by atoms with Crippen molar-refractivity contribution in [2.45, 2.75) is 11.8 Å². The van der Waals surface area contributed by atoms with Crippen LogP contribution >= 0.6 is 23.2 Å². The molecule has 1 N–H and O–H groups in total. The minimum atomic E-state index is -1.22. The molecule has 2 rings (SSSR count). The van der Waals surface area contributed by atoms with Gasteiger partial charge < -0.3 is 5.32 Å². The number of carbonyl (C=O) groups is 1. The first kappa shape index (κ1) is 14.7. The summed E-state index contributed by atoms with van der Waals surface area (Å²) in [5.41, 5.74) is 1.16. The molecule has 0 fully saturated rings. The fourth-order valence-corrected chi connectivity index (χ4v) is 2.00. The highest BCUT2D eigenvalue weighted by molar-refractivity contribution is 6.54. The van der Waals surface area contributed by atoms with Gasteiger partial charge in [0.25, 0.3) is 11.5 Å². The lowest BCUT2D eigenvalue weighted by atomic mass is 10.3. The van der Waals surface area contributed by atoms with Crippen molar-refractivity contribution in [1.29, 1.82) is 0 Å². The predicted molar refractivity (Wildman–Crippen MR) is 79.9 cm³/mol. The van der Waals surface area contributed by atoms with Crippen LogP contribution < -0.4 is 10.9 Å². The van der Waals surface area contributed by atoms with E-state index in [0.29, 0.717) is 11.4 Å². The van der Waals surface area contributed by atoms with E-state index in [9.17, 15) is 9.59 Å². The third kappa shape index (κ3) is 2.59. The molecule has 0 unspecified atom stereocenters. The second-order valence-corrected chi connectivity index (χ2v) is 5.32. The van der Waals surface area contributed by atoms with Gasteiger partial charge in [0, 0.05) is 7.05 Å². The first-order valence-electron chi connectivity index (χ1n) is 5.86. The largest absolute Gasteiger partial charge is 0.318 e. The Hall–Kier alpha value is -1.72. The average molecular weight is 314 g/mol. The molecule has 106 valence electrons. The zero-order valence-corrected chi connectivity index (χ0v) is 12.4. The van der Waals surface area contributed by atoms with Crippen LogP contribution in [0.15, 0.2) is 35.1 Å². The Balaban J connectivity index is 2.53. The number of nitrogens with zero attached hydrogens (tertiary/aromatic N) is 2. The summed E-state index contributed by atoms with van der Waals surface area (Å²) in [6.07, 6.45) is 0. The zero-order chi connectivity index (χ0) is 14.9. The van der Waals surface area contributed by atoms with Crippen LogP contribution in [-0.4, -0.2) is 20.1 Å². The summed E-state index contributed by atoms with van der Waals surface area (Å²) in [4.78, 5) is 22.7. The number of amides is 1. The molecular formula is C13H13Cl2N3O2. The van der Waals surface area contributed by atoms with E-state index in [0.717, 1.165) is 0 Å². The lowest BCUT2D eigenvalue weighted by Gasteiger charge is -2.07. The highest BCUT2D eigenvalue weighted by Crippen LogP contribution is 2.15. The maximum atomic E-state index is 12.4. The van der Waals surface area contributed by atoms with E-state index >= 15 is 0 Å². The number of aromatic nitrogens is 2. The maximum absolute atomic E-state index is 12.4. The van der Waals surface area contributed by atoms with Crippen LogP contribution in [0.25, 0.3) is 5.69 Å². The van der Waals surface area contributed by atoms with Crippen molar-refractivity contribution < 1.29 is 4.79 Å². The smallest absolute Gasteiger partial charge is 0.295 e. The van der Waals surface area contributed by atoms with Crippen molar-refractivity contribution in [3.8, 4) is 5.69 Å². The molecule has 0 radical (unpaired) electrons. The van der Waals surface area contributed by atoms with Gasteiger partial charge in [0.15, 0.2) is 4.84 Å². The number of hydrogen-bond acceptors (Lipinski definition) is 2. The summed E-state index contributed by atoms with van der Waals surface area (Å²) in [5, 5.41) is 2.45. The molecule has 20 heavy (non-hydrogen) atoms.